The van der Waals surface area contributed by atoms with Crippen LogP contribution in [0, 0.1) is 0 Å². The van der Waals surface area contributed by atoms with Crippen LogP contribution in [0.2, 0.25) is 0 Å². The number of unbranched alkanes of at least 4 members (excludes halogenated alkanes) is 50. The van der Waals surface area contributed by atoms with Gasteiger partial charge in [-0.3, -0.25) is 4.79 Å². The van der Waals surface area contributed by atoms with Crippen molar-refractivity contribution in [2.24, 2.45) is 0 Å². The van der Waals surface area contributed by atoms with Crippen molar-refractivity contribution < 1.29 is 39.8 Å². The van der Waals surface area contributed by atoms with E-state index < -0.39 is 49.5 Å². The molecule has 9 nitrogen and oxygen atoms in total. The van der Waals surface area contributed by atoms with Crippen LogP contribution in [0.25, 0.3) is 0 Å². The number of carbonyl (C=O) groups excluding carboxylic acids is 1. The molecule has 0 aliphatic carbocycles. The van der Waals surface area contributed by atoms with Gasteiger partial charge in [0.25, 0.3) is 0 Å². The molecule has 7 atom stereocenters. The van der Waals surface area contributed by atoms with E-state index in [9.17, 15) is 30.3 Å². The van der Waals surface area contributed by atoms with E-state index in [1.165, 1.54) is 302 Å². The van der Waals surface area contributed by atoms with Crippen molar-refractivity contribution in [3.63, 3.8) is 0 Å². The fourth-order valence-corrected chi connectivity index (χ4v) is 11.5. The van der Waals surface area contributed by atoms with Gasteiger partial charge < -0.3 is 40.3 Å². The van der Waals surface area contributed by atoms with Gasteiger partial charge in [-0.15, -0.1) is 0 Å². The van der Waals surface area contributed by atoms with Crippen LogP contribution in [0.4, 0.5) is 0 Å². The minimum Gasteiger partial charge on any atom is -0.394 e. The zero-order valence-electron chi connectivity index (χ0n) is 52.4. The van der Waals surface area contributed by atoms with Crippen LogP contribution in [0.5, 0.6) is 0 Å². The largest absolute Gasteiger partial charge is 0.394 e. The van der Waals surface area contributed by atoms with Gasteiger partial charge in [0.15, 0.2) is 6.29 Å². The maximum Gasteiger partial charge on any atom is 0.220 e. The van der Waals surface area contributed by atoms with Gasteiger partial charge in [-0.05, 0) is 32.1 Å². The lowest BCUT2D eigenvalue weighted by molar-refractivity contribution is -0.302. The molecule has 1 heterocycles. The quantitative estimate of drug-likeness (QED) is 0.0261. The molecule has 0 saturated carbocycles. The Balaban J connectivity index is 2.14. The number of rotatable bonds is 62. The molecule has 0 aromatic rings. The van der Waals surface area contributed by atoms with E-state index in [0.29, 0.717) is 6.42 Å². The van der Waals surface area contributed by atoms with Crippen LogP contribution in [0.15, 0.2) is 24.3 Å². The summed E-state index contributed by atoms with van der Waals surface area (Å²) in [5, 5.41) is 54.7. The zero-order chi connectivity index (χ0) is 57.2. The highest BCUT2D eigenvalue weighted by Crippen LogP contribution is 2.23. The SMILES string of the molecule is CCCCCCCCCCCCCCCCCCCCCCCCCCCC/C=C/CC/C=C/C(O)C(COC1OC(CO)C(O)C(O)C1O)NC(=O)CCCCCCCCCCCCCCCCCCCCCCCCCC. The molecule has 9 heteroatoms. The average molecular weight is 1120 g/mol. The summed E-state index contributed by atoms with van der Waals surface area (Å²) in [6.07, 6.45) is 71.5. The molecular formula is C70H135NO8. The summed E-state index contributed by atoms with van der Waals surface area (Å²) in [7, 11) is 0. The summed E-state index contributed by atoms with van der Waals surface area (Å²) < 4.78 is 11.3. The molecule has 6 N–H and O–H groups in total. The Morgan fingerprint density at radius 1 is 0.418 bits per heavy atom. The average Bonchev–Trinajstić information content (AvgIpc) is 3.47. The molecule has 79 heavy (non-hydrogen) atoms. The van der Waals surface area contributed by atoms with Gasteiger partial charge in [-0.1, -0.05) is 346 Å². The number of carbonyl (C=O) groups is 1. The van der Waals surface area contributed by atoms with Gasteiger partial charge in [0.2, 0.25) is 5.91 Å². The monoisotopic (exact) mass is 1120 g/mol. The summed E-state index contributed by atoms with van der Waals surface area (Å²) in [5.41, 5.74) is 0. The van der Waals surface area contributed by atoms with Gasteiger partial charge in [0, 0.05) is 6.42 Å². The van der Waals surface area contributed by atoms with Gasteiger partial charge in [-0.2, -0.15) is 0 Å². The molecular weight excluding hydrogens is 983 g/mol. The third-order valence-electron chi connectivity index (χ3n) is 17.0. The summed E-state index contributed by atoms with van der Waals surface area (Å²) >= 11 is 0. The second-order valence-electron chi connectivity index (χ2n) is 24.7. The van der Waals surface area contributed by atoms with Crippen molar-refractivity contribution >= 4 is 5.91 Å². The van der Waals surface area contributed by atoms with E-state index in [2.05, 4.69) is 31.3 Å². The molecule has 0 bridgehead atoms. The molecule has 1 aliphatic heterocycles. The van der Waals surface area contributed by atoms with E-state index >= 15 is 0 Å². The smallest absolute Gasteiger partial charge is 0.220 e. The van der Waals surface area contributed by atoms with Crippen molar-refractivity contribution in [2.75, 3.05) is 13.2 Å². The number of aliphatic hydroxyl groups excluding tert-OH is 5. The second-order valence-corrected chi connectivity index (χ2v) is 24.7. The third-order valence-corrected chi connectivity index (χ3v) is 17.0. The molecule has 468 valence electrons. The Labute approximate surface area is 489 Å². The molecule has 1 saturated heterocycles. The van der Waals surface area contributed by atoms with E-state index in [1.807, 2.05) is 6.08 Å². The number of hydrogen-bond donors (Lipinski definition) is 6. The van der Waals surface area contributed by atoms with E-state index in [0.717, 1.165) is 38.5 Å². The van der Waals surface area contributed by atoms with Crippen LogP contribution in [0.3, 0.4) is 0 Å². The van der Waals surface area contributed by atoms with Crippen molar-refractivity contribution in [3.8, 4) is 0 Å². The number of amides is 1. The fraction of sp³-hybridized carbons (Fsp3) is 0.929. The standard InChI is InChI=1S/C70H135NO8/c1-3-5-7-9-11-13-15-17-19-21-23-25-27-29-30-31-32-33-34-35-36-37-39-41-43-45-47-49-51-53-55-57-59-64(73)63(62-78-70-69(77)68(76)67(75)65(61-72)79-70)71-66(74)60-58-56-54-52-50-48-46-44-42-40-38-28-26-24-22-20-18-16-14-12-10-8-6-4-2/h49,51,57,59,63-65,67-70,72-73,75-77H,3-48,50,52-56,58,60-62H2,1-2H3,(H,71,74)/b51-49+,59-57+. The molecule has 0 spiro atoms. The second kappa shape index (κ2) is 59.8. The summed E-state index contributed by atoms with van der Waals surface area (Å²) in [4.78, 5) is 13.1. The van der Waals surface area contributed by atoms with Gasteiger partial charge in [0.1, 0.15) is 24.4 Å². The maximum atomic E-state index is 13.1. The number of allylic oxidation sites excluding steroid dienone is 3. The van der Waals surface area contributed by atoms with Gasteiger partial charge >= 0.3 is 0 Å². The van der Waals surface area contributed by atoms with Crippen molar-refractivity contribution in [1.82, 2.24) is 5.32 Å². The first-order valence-corrected chi connectivity index (χ1v) is 35.1. The lowest BCUT2D eigenvalue weighted by Gasteiger charge is -2.40. The van der Waals surface area contributed by atoms with E-state index in [-0.39, 0.29) is 12.5 Å². The maximum absolute atomic E-state index is 13.1. The molecule has 1 aliphatic rings. The normalized spacial score (nSPS) is 18.6. The highest BCUT2D eigenvalue weighted by atomic mass is 16.7. The van der Waals surface area contributed by atoms with Crippen molar-refractivity contribution in [3.05, 3.63) is 24.3 Å². The fourth-order valence-electron chi connectivity index (χ4n) is 11.5. The Hall–Kier alpha value is -1.33. The van der Waals surface area contributed by atoms with Crippen LogP contribution in [-0.2, 0) is 14.3 Å². The van der Waals surface area contributed by atoms with Crippen LogP contribution in [-0.4, -0.2) is 87.5 Å². The summed E-state index contributed by atoms with van der Waals surface area (Å²) in [6.45, 7) is 3.83. The summed E-state index contributed by atoms with van der Waals surface area (Å²) in [5.74, 6) is -0.178. The minimum atomic E-state index is -1.57. The Morgan fingerprint density at radius 2 is 0.722 bits per heavy atom. The first-order chi connectivity index (χ1) is 38.8. The first-order valence-electron chi connectivity index (χ1n) is 35.1. The predicted molar refractivity (Wildman–Crippen MR) is 337 cm³/mol. The van der Waals surface area contributed by atoms with Crippen LogP contribution < -0.4 is 5.32 Å². The van der Waals surface area contributed by atoms with Crippen molar-refractivity contribution in [1.29, 1.82) is 0 Å². The molecule has 0 aromatic heterocycles. The van der Waals surface area contributed by atoms with Crippen molar-refractivity contribution in [2.45, 2.75) is 403 Å². The minimum absolute atomic E-state index is 0.178. The molecule has 1 amide bonds. The third kappa shape index (κ3) is 48.7. The number of aliphatic hydroxyl groups is 5. The van der Waals surface area contributed by atoms with Crippen LogP contribution in [0.1, 0.15) is 361 Å². The highest BCUT2D eigenvalue weighted by Gasteiger charge is 2.44. The first kappa shape index (κ1) is 75.7. The van der Waals surface area contributed by atoms with E-state index in [1.54, 1.807) is 6.08 Å². The van der Waals surface area contributed by atoms with Gasteiger partial charge in [0.05, 0.1) is 25.4 Å². The molecule has 1 fully saturated rings. The number of hydrogen-bond acceptors (Lipinski definition) is 8. The molecule has 0 radical (unpaired) electrons. The topological polar surface area (TPSA) is 149 Å². The number of nitrogens with one attached hydrogen (secondary N) is 1. The molecule has 0 aromatic carbocycles. The number of ether oxygens (including phenoxy) is 2. The predicted octanol–water partition coefficient (Wildman–Crippen LogP) is 18.9. The summed E-state index contributed by atoms with van der Waals surface area (Å²) in [6, 6.07) is -0.820. The zero-order valence-corrected chi connectivity index (χ0v) is 52.4. The molecule has 7 unspecified atom stereocenters. The Morgan fingerprint density at radius 3 is 1.06 bits per heavy atom. The van der Waals surface area contributed by atoms with Gasteiger partial charge in [-0.25, -0.2) is 0 Å². The lowest BCUT2D eigenvalue weighted by atomic mass is 9.99. The Kier molecular flexibility index (Phi) is 57.3. The van der Waals surface area contributed by atoms with Crippen LogP contribution >= 0.6 is 0 Å². The van der Waals surface area contributed by atoms with E-state index in [4.69, 9.17) is 9.47 Å². The lowest BCUT2D eigenvalue weighted by Crippen LogP contribution is -2.60. The highest BCUT2D eigenvalue weighted by molar-refractivity contribution is 5.76. The molecule has 1 rings (SSSR count). The Bertz CT molecular complexity index is 1300.